The molecule has 0 radical (unpaired) electrons. The van der Waals surface area contributed by atoms with Crippen LogP contribution in [-0.2, 0) is 0 Å². The van der Waals surface area contributed by atoms with E-state index in [1.54, 1.807) is 0 Å². The van der Waals surface area contributed by atoms with Crippen LogP contribution in [0.1, 0.15) is 65.7 Å². The highest BCUT2D eigenvalue weighted by molar-refractivity contribution is 4.95. The van der Waals surface area contributed by atoms with E-state index in [1.165, 1.54) is 38.5 Å². The van der Waals surface area contributed by atoms with E-state index >= 15 is 0 Å². The van der Waals surface area contributed by atoms with E-state index in [4.69, 9.17) is 0 Å². The van der Waals surface area contributed by atoms with Gasteiger partial charge in [-0.05, 0) is 52.5 Å². The van der Waals surface area contributed by atoms with E-state index < -0.39 is 0 Å². The molecule has 3 nitrogen and oxygen atoms in total. The zero-order chi connectivity index (χ0) is 13.9. The van der Waals surface area contributed by atoms with Crippen molar-refractivity contribution in [3.05, 3.63) is 0 Å². The van der Waals surface area contributed by atoms with Crippen LogP contribution in [0.3, 0.4) is 0 Å². The Bertz CT molecular complexity index is 274. The van der Waals surface area contributed by atoms with Crippen molar-refractivity contribution in [2.75, 3.05) is 13.2 Å². The lowest BCUT2D eigenvalue weighted by Crippen LogP contribution is -2.52. The molecule has 2 saturated carbocycles. The highest BCUT2D eigenvalue weighted by Gasteiger charge is 2.35. The molecule has 0 bridgehead atoms. The maximum Gasteiger partial charge on any atom is 0.0611 e. The summed E-state index contributed by atoms with van der Waals surface area (Å²) in [5.41, 5.74) is -0.105. The number of hydrogen-bond acceptors (Lipinski definition) is 3. The molecule has 0 aromatic heterocycles. The second-order valence-corrected chi connectivity index (χ2v) is 6.96. The Kier molecular flexibility index (Phi) is 5.27. The van der Waals surface area contributed by atoms with Crippen LogP contribution in [-0.4, -0.2) is 46.8 Å². The van der Waals surface area contributed by atoms with Gasteiger partial charge in [0.05, 0.1) is 6.61 Å². The molecule has 0 aliphatic heterocycles. The minimum Gasteiger partial charge on any atom is -0.394 e. The van der Waals surface area contributed by atoms with Gasteiger partial charge in [-0.25, -0.2) is 0 Å². The third kappa shape index (κ3) is 4.17. The Balaban J connectivity index is 1.90. The molecule has 2 fully saturated rings. The predicted octanol–water partition coefficient (Wildman–Crippen LogP) is 2.53. The molecule has 0 saturated heterocycles. The van der Waals surface area contributed by atoms with Crippen LogP contribution >= 0.6 is 0 Å². The van der Waals surface area contributed by atoms with Crippen molar-refractivity contribution in [3.8, 4) is 0 Å². The van der Waals surface area contributed by atoms with Crippen LogP contribution in [0.25, 0.3) is 0 Å². The zero-order valence-corrected chi connectivity index (χ0v) is 13.0. The first-order valence-corrected chi connectivity index (χ1v) is 8.22. The van der Waals surface area contributed by atoms with Crippen LogP contribution in [0, 0.1) is 0 Å². The Morgan fingerprint density at radius 1 is 1.26 bits per heavy atom. The molecule has 3 heteroatoms. The molecule has 2 rings (SSSR count). The summed E-state index contributed by atoms with van der Waals surface area (Å²) >= 11 is 0. The summed E-state index contributed by atoms with van der Waals surface area (Å²) in [6.07, 6.45) is 9.13. The minimum atomic E-state index is -0.105. The topological polar surface area (TPSA) is 35.5 Å². The fourth-order valence-electron chi connectivity index (χ4n) is 3.82. The Hall–Kier alpha value is -0.120. The van der Waals surface area contributed by atoms with Crippen LogP contribution in [0.5, 0.6) is 0 Å². The molecule has 0 aromatic carbocycles. The van der Waals surface area contributed by atoms with E-state index in [0.717, 1.165) is 19.0 Å². The van der Waals surface area contributed by atoms with Gasteiger partial charge in [-0.2, -0.15) is 0 Å². The van der Waals surface area contributed by atoms with Gasteiger partial charge in [-0.3, -0.25) is 4.90 Å². The number of rotatable bonds is 8. The molecular weight excluding hydrogens is 236 g/mol. The number of hydrogen-bond donors (Lipinski definition) is 2. The summed E-state index contributed by atoms with van der Waals surface area (Å²) in [7, 11) is 0. The quantitative estimate of drug-likeness (QED) is 0.710. The fraction of sp³-hybridized carbons (Fsp3) is 1.00. The van der Waals surface area contributed by atoms with Crippen molar-refractivity contribution >= 4 is 0 Å². The normalized spacial score (nSPS) is 25.7. The molecule has 0 aromatic rings. The second kappa shape index (κ2) is 6.55. The first-order valence-electron chi connectivity index (χ1n) is 8.22. The van der Waals surface area contributed by atoms with Gasteiger partial charge in [0.2, 0.25) is 0 Å². The molecule has 112 valence electrons. The third-order valence-electron chi connectivity index (χ3n) is 4.95. The van der Waals surface area contributed by atoms with E-state index in [9.17, 15) is 5.11 Å². The zero-order valence-electron chi connectivity index (χ0n) is 13.0. The lowest BCUT2D eigenvalue weighted by atomic mass is 9.92. The van der Waals surface area contributed by atoms with Gasteiger partial charge in [-0.15, -0.1) is 0 Å². The summed E-state index contributed by atoms with van der Waals surface area (Å²) in [6, 6.07) is 1.99. The smallest absolute Gasteiger partial charge is 0.0611 e. The molecule has 2 atom stereocenters. The van der Waals surface area contributed by atoms with E-state index in [2.05, 4.69) is 31.0 Å². The third-order valence-corrected chi connectivity index (χ3v) is 4.95. The second-order valence-electron chi connectivity index (χ2n) is 6.96. The molecule has 0 heterocycles. The lowest BCUT2D eigenvalue weighted by molar-refractivity contribution is 0.0914. The Morgan fingerprint density at radius 3 is 2.37 bits per heavy atom. The Morgan fingerprint density at radius 2 is 1.89 bits per heavy atom. The van der Waals surface area contributed by atoms with Crippen molar-refractivity contribution in [1.82, 2.24) is 10.2 Å². The van der Waals surface area contributed by atoms with Crippen LogP contribution in [0.2, 0.25) is 0 Å². The average Bonchev–Trinajstić information content (AvgIpc) is 3.02. The average molecular weight is 268 g/mol. The maximum atomic E-state index is 9.75. The molecule has 2 aliphatic carbocycles. The minimum absolute atomic E-state index is 0.105. The van der Waals surface area contributed by atoms with Crippen molar-refractivity contribution in [2.45, 2.75) is 89.4 Å². The van der Waals surface area contributed by atoms with Crippen molar-refractivity contribution in [1.29, 1.82) is 0 Å². The van der Waals surface area contributed by atoms with Gasteiger partial charge in [0.25, 0.3) is 0 Å². The van der Waals surface area contributed by atoms with Crippen molar-refractivity contribution in [3.63, 3.8) is 0 Å². The molecule has 0 amide bonds. The van der Waals surface area contributed by atoms with E-state index in [0.29, 0.717) is 12.1 Å². The molecule has 2 aliphatic rings. The summed E-state index contributed by atoms with van der Waals surface area (Å²) in [5.74, 6) is 0. The number of aliphatic hydroxyl groups excluding tert-OH is 1. The molecule has 2 N–H and O–H groups in total. The number of aliphatic hydroxyl groups is 1. The van der Waals surface area contributed by atoms with Crippen LogP contribution in [0.4, 0.5) is 0 Å². The summed E-state index contributed by atoms with van der Waals surface area (Å²) in [6.45, 7) is 8.18. The van der Waals surface area contributed by atoms with E-state index in [1.807, 2.05) is 0 Å². The monoisotopic (exact) mass is 268 g/mol. The van der Waals surface area contributed by atoms with Gasteiger partial charge in [0.15, 0.2) is 0 Å². The highest BCUT2D eigenvalue weighted by Crippen LogP contribution is 2.29. The van der Waals surface area contributed by atoms with Gasteiger partial charge in [0, 0.05) is 23.7 Å². The SMILES string of the molecule is CCN(C(C)CC(C)(CO)NC1CC1)C1CCCC1. The van der Waals surface area contributed by atoms with Gasteiger partial charge in [0.1, 0.15) is 0 Å². The van der Waals surface area contributed by atoms with Gasteiger partial charge in [-0.1, -0.05) is 19.8 Å². The number of nitrogens with one attached hydrogen (secondary N) is 1. The predicted molar refractivity (Wildman–Crippen MR) is 80.4 cm³/mol. The first kappa shape index (κ1) is 15.3. The van der Waals surface area contributed by atoms with Crippen LogP contribution in [0.15, 0.2) is 0 Å². The molecule has 2 unspecified atom stereocenters. The molecular formula is C16H32N2O. The fourth-order valence-corrected chi connectivity index (χ4v) is 3.82. The number of nitrogens with zero attached hydrogens (tertiary/aromatic N) is 1. The maximum absolute atomic E-state index is 9.75. The first-order chi connectivity index (χ1) is 9.08. The standard InChI is InChI=1S/C16H32N2O/c1-4-18(15-7-5-6-8-15)13(2)11-16(3,12-19)17-14-9-10-14/h13-15,17,19H,4-12H2,1-3H3. The highest BCUT2D eigenvalue weighted by atomic mass is 16.3. The van der Waals surface area contributed by atoms with Gasteiger partial charge >= 0.3 is 0 Å². The summed E-state index contributed by atoms with van der Waals surface area (Å²) in [4.78, 5) is 2.66. The van der Waals surface area contributed by atoms with Crippen molar-refractivity contribution in [2.24, 2.45) is 0 Å². The van der Waals surface area contributed by atoms with Crippen molar-refractivity contribution < 1.29 is 5.11 Å². The van der Waals surface area contributed by atoms with E-state index in [-0.39, 0.29) is 12.1 Å². The van der Waals surface area contributed by atoms with Crippen LogP contribution < -0.4 is 5.32 Å². The molecule has 0 spiro atoms. The lowest BCUT2D eigenvalue weighted by Gasteiger charge is -2.39. The Labute approximate surface area is 118 Å². The summed E-state index contributed by atoms with van der Waals surface area (Å²) < 4.78 is 0. The van der Waals surface area contributed by atoms with Gasteiger partial charge < -0.3 is 10.4 Å². The largest absolute Gasteiger partial charge is 0.394 e. The summed E-state index contributed by atoms with van der Waals surface area (Å²) in [5, 5.41) is 13.4. The molecule has 19 heavy (non-hydrogen) atoms.